The third kappa shape index (κ3) is 3.32. The number of rotatable bonds is 1. The van der Waals surface area contributed by atoms with Crippen molar-refractivity contribution in [3.8, 4) is 22.6 Å². The predicted octanol–water partition coefficient (Wildman–Crippen LogP) is 7.21. The van der Waals surface area contributed by atoms with Gasteiger partial charge in [0.05, 0.1) is 0 Å². The van der Waals surface area contributed by atoms with Crippen LogP contribution in [0.5, 0.6) is 11.5 Å². The summed E-state index contributed by atoms with van der Waals surface area (Å²) in [6.45, 7) is 25.4. The maximum atomic E-state index is 10.9. The van der Waals surface area contributed by atoms with Gasteiger partial charge < -0.3 is 10.2 Å². The average Bonchev–Trinajstić information content (AvgIpc) is 2.51. The topological polar surface area (TPSA) is 40.5 Å². The molecule has 2 N–H and O–H groups in total. The molecule has 2 heteroatoms. The lowest BCUT2D eigenvalue weighted by atomic mass is 9.73. The number of hydrogen-bond acceptors (Lipinski definition) is 2. The molecule has 0 fully saturated rings. The number of phenols is 2. The zero-order valence-corrected chi connectivity index (χ0v) is 19.9. The van der Waals surface area contributed by atoms with E-state index < -0.39 is 0 Å². The predicted molar refractivity (Wildman–Crippen MR) is 121 cm³/mol. The average molecular weight is 383 g/mol. The molecule has 2 aromatic carbocycles. The van der Waals surface area contributed by atoms with E-state index in [1.807, 2.05) is 13.8 Å². The largest absolute Gasteiger partial charge is 0.507 e. The van der Waals surface area contributed by atoms with Crippen molar-refractivity contribution in [1.29, 1.82) is 0 Å². The van der Waals surface area contributed by atoms with E-state index in [1.54, 1.807) is 0 Å². The Morgan fingerprint density at radius 3 is 0.893 bits per heavy atom. The second-order valence-corrected chi connectivity index (χ2v) is 10.4. The number of phenolic OH excluding ortho intramolecular Hbond substituents is 2. The van der Waals surface area contributed by atoms with Crippen molar-refractivity contribution in [2.75, 3.05) is 0 Å². The molecule has 0 aliphatic rings. The first-order valence-electron chi connectivity index (χ1n) is 10.2. The van der Waals surface area contributed by atoms with Crippen LogP contribution in [0, 0.1) is 41.5 Å². The first-order chi connectivity index (χ1) is 12.5. The van der Waals surface area contributed by atoms with Crippen molar-refractivity contribution >= 4 is 0 Å². The molecule has 0 radical (unpaired) electrons. The first-order valence-corrected chi connectivity index (χ1v) is 10.2. The lowest BCUT2D eigenvalue weighted by molar-refractivity contribution is 0.439. The minimum absolute atomic E-state index is 0.165. The van der Waals surface area contributed by atoms with Gasteiger partial charge in [-0.15, -0.1) is 0 Å². The van der Waals surface area contributed by atoms with Crippen molar-refractivity contribution < 1.29 is 10.2 Å². The molecule has 0 amide bonds. The van der Waals surface area contributed by atoms with Crippen molar-refractivity contribution in [2.24, 2.45) is 0 Å². The summed E-state index contributed by atoms with van der Waals surface area (Å²) in [5.41, 5.74) is 10.4. The lowest BCUT2D eigenvalue weighted by Crippen LogP contribution is -2.18. The van der Waals surface area contributed by atoms with Crippen LogP contribution in [0.4, 0.5) is 0 Å². The van der Waals surface area contributed by atoms with Gasteiger partial charge >= 0.3 is 0 Å². The van der Waals surface area contributed by atoms with E-state index in [1.165, 1.54) is 11.1 Å². The number of aromatic hydroxyl groups is 2. The second kappa shape index (κ2) is 6.83. The first kappa shape index (κ1) is 22.3. The number of hydrogen-bond donors (Lipinski definition) is 2. The van der Waals surface area contributed by atoms with Crippen molar-refractivity contribution in [2.45, 2.75) is 93.9 Å². The van der Waals surface area contributed by atoms with Crippen LogP contribution in [0.1, 0.15) is 86.1 Å². The molecule has 0 heterocycles. The molecule has 0 unspecified atom stereocenters. The van der Waals surface area contributed by atoms with Gasteiger partial charge in [0.15, 0.2) is 0 Å². The van der Waals surface area contributed by atoms with E-state index in [0.717, 1.165) is 44.5 Å². The van der Waals surface area contributed by atoms with E-state index >= 15 is 0 Å². The summed E-state index contributed by atoms with van der Waals surface area (Å²) >= 11 is 0. The standard InChI is InChI=1S/C26H38O2/c1-13-15(3)23(27)21(25(7,8)9)17(5)19(13)20-14(2)16(4)24(28)22(18(20)6)26(10,11)12/h27-28H,1-12H3. The fourth-order valence-corrected chi connectivity index (χ4v) is 4.86. The van der Waals surface area contributed by atoms with Crippen LogP contribution in [0.2, 0.25) is 0 Å². The van der Waals surface area contributed by atoms with Crippen LogP contribution >= 0.6 is 0 Å². The summed E-state index contributed by atoms with van der Waals surface area (Å²) in [5, 5.41) is 21.9. The molecule has 2 aromatic rings. The van der Waals surface area contributed by atoms with Gasteiger partial charge in [-0.2, -0.15) is 0 Å². The molecule has 2 nitrogen and oxygen atoms in total. The van der Waals surface area contributed by atoms with Crippen LogP contribution in [0.15, 0.2) is 0 Å². The number of benzene rings is 2. The van der Waals surface area contributed by atoms with Crippen molar-refractivity contribution in [3.63, 3.8) is 0 Å². The Balaban J connectivity index is 3.15. The zero-order chi connectivity index (χ0) is 21.9. The van der Waals surface area contributed by atoms with Gasteiger partial charge in [-0.25, -0.2) is 0 Å². The molecular formula is C26H38O2. The molecule has 0 aromatic heterocycles. The molecular weight excluding hydrogens is 344 g/mol. The molecule has 28 heavy (non-hydrogen) atoms. The molecule has 0 aliphatic carbocycles. The minimum atomic E-state index is -0.165. The molecule has 0 atom stereocenters. The summed E-state index contributed by atoms with van der Waals surface area (Å²) < 4.78 is 0. The lowest BCUT2D eigenvalue weighted by Gasteiger charge is -2.32. The quantitative estimate of drug-likeness (QED) is 0.547. The van der Waals surface area contributed by atoms with Gasteiger partial charge in [0.2, 0.25) is 0 Å². The van der Waals surface area contributed by atoms with E-state index in [0.29, 0.717) is 11.5 Å². The summed E-state index contributed by atoms with van der Waals surface area (Å²) in [6.07, 6.45) is 0. The van der Waals surface area contributed by atoms with Crippen molar-refractivity contribution in [1.82, 2.24) is 0 Å². The zero-order valence-electron chi connectivity index (χ0n) is 19.9. The van der Waals surface area contributed by atoms with Crippen LogP contribution < -0.4 is 0 Å². The molecule has 0 saturated carbocycles. The Kier molecular flexibility index (Phi) is 5.44. The van der Waals surface area contributed by atoms with Gasteiger partial charge in [-0.05, 0) is 96.9 Å². The van der Waals surface area contributed by atoms with Crippen LogP contribution in [0.3, 0.4) is 0 Å². The Bertz CT molecular complexity index is 869. The highest BCUT2D eigenvalue weighted by Crippen LogP contribution is 2.48. The molecule has 0 bridgehead atoms. The summed E-state index contributed by atoms with van der Waals surface area (Å²) in [5.74, 6) is 0.821. The Morgan fingerprint density at radius 2 is 0.679 bits per heavy atom. The third-order valence-corrected chi connectivity index (χ3v) is 6.31. The highest BCUT2D eigenvalue weighted by molar-refractivity contribution is 5.83. The maximum absolute atomic E-state index is 10.9. The van der Waals surface area contributed by atoms with E-state index in [9.17, 15) is 10.2 Å². The smallest absolute Gasteiger partial charge is 0.122 e. The summed E-state index contributed by atoms with van der Waals surface area (Å²) in [4.78, 5) is 0. The molecule has 2 rings (SSSR count). The SMILES string of the molecule is Cc1c(C)c(-c2c(C)c(C)c(O)c(C(C)(C)C)c2C)c(C)c(C(C)(C)C)c1O. The van der Waals surface area contributed by atoms with Gasteiger partial charge in [0.1, 0.15) is 11.5 Å². The molecule has 0 spiro atoms. The van der Waals surface area contributed by atoms with E-state index in [2.05, 4.69) is 69.2 Å². The highest BCUT2D eigenvalue weighted by Gasteiger charge is 2.30. The van der Waals surface area contributed by atoms with Gasteiger partial charge in [-0.3, -0.25) is 0 Å². The molecule has 0 aliphatic heterocycles. The van der Waals surface area contributed by atoms with Crippen LogP contribution in [-0.4, -0.2) is 10.2 Å². The Labute approximate surface area is 171 Å². The Hall–Kier alpha value is -1.96. The maximum Gasteiger partial charge on any atom is 0.122 e. The van der Waals surface area contributed by atoms with E-state index in [-0.39, 0.29) is 10.8 Å². The fraction of sp³-hybridized carbons (Fsp3) is 0.538. The Morgan fingerprint density at radius 1 is 0.429 bits per heavy atom. The van der Waals surface area contributed by atoms with Gasteiger partial charge in [-0.1, -0.05) is 41.5 Å². The van der Waals surface area contributed by atoms with Crippen LogP contribution in [0.25, 0.3) is 11.1 Å². The third-order valence-electron chi connectivity index (χ3n) is 6.31. The van der Waals surface area contributed by atoms with Gasteiger partial charge in [0, 0.05) is 11.1 Å². The molecule has 154 valence electrons. The summed E-state index contributed by atoms with van der Waals surface area (Å²) in [6, 6.07) is 0. The molecule has 0 saturated heterocycles. The second-order valence-electron chi connectivity index (χ2n) is 10.4. The van der Waals surface area contributed by atoms with Crippen molar-refractivity contribution in [3.05, 3.63) is 44.5 Å². The van der Waals surface area contributed by atoms with E-state index in [4.69, 9.17) is 0 Å². The minimum Gasteiger partial charge on any atom is -0.507 e. The summed E-state index contributed by atoms with van der Waals surface area (Å²) in [7, 11) is 0. The van der Waals surface area contributed by atoms with Crippen LogP contribution in [-0.2, 0) is 10.8 Å². The van der Waals surface area contributed by atoms with Gasteiger partial charge in [0.25, 0.3) is 0 Å². The normalized spacial score (nSPS) is 12.6. The fourth-order valence-electron chi connectivity index (χ4n) is 4.86. The highest BCUT2D eigenvalue weighted by atomic mass is 16.3. The monoisotopic (exact) mass is 382 g/mol.